The van der Waals surface area contributed by atoms with Gasteiger partial charge in [-0.3, -0.25) is 9.59 Å². The Kier molecular flexibility index (Phi) is 7.26. The number of alkyl halides is 3. The van der Waals surface area contributed by atoms with Crippen molar-refractivity contribution in [1.29, 1.82) is 5.26 Å². The molecule has 0 aliphatic rings. The first-order valence-electron chi connectivity index (χ1n) is 6.86. The van der Waals surface area contributed by atoms with Crippen molar-refractivity contribution in [3.05, 3.63) is 40.6 Å². The average Bonchev–Trinajstić information content (AvgIpc) is 2.52. The number of benzene rings is 1. The van der Waals surface area contributed by atoms with Crippen molar-refractivity contribution >= 4 is 29.2 Å². The molecule has 1 aromatic rings. The fraction of sp³-hybridized carbons (Fsp3) is 0.267. The lowest BCUT2D eigenvalue weighted by Gasteiger charge is -2.11. The summed E-state index contributed by atoms with van der Waals surface area (Å²) in [6, 6.07) is 4.37. The van der Waals surface area contributed by atoms with Gasteiger partial charge in [-0.05, 0) is 25.1 Å². The van der Waals surface area contributed by atoms with E-state index in [1.54, 1.807) is 13.0 Å². The molecule has 0 atom stereocenters. The summed E-state index contributed by atoms with van der Waals surface area (Å²) >= 11 is 5.48. The Morgan fingerprint density at radius 1 is 1.40 bits per heavy atom. The van der Waals surface area contributed by atoms with Crippen LogP contribution in [0, 0.1) is 11.3 Å². The van der Waals surface area contributed by atoms with Crippen molar-refractivity contribution in [3.63, 3.8) is 0 Å². The second-order valence-electron chi connectivity index (χ2n) is 4.50. The molecule has 0 aliphatic heterocycles. The Hall–Kier alpha value is -2.73. The van der Waals surface area contributed by atoms with E-state index in [1.165, 1.54) is 0 Å². The normalized spacial score (nSPS) is 11.4. The van der Waals surface area contributed by atoms with E-state index in [0.29, 0.717) is 6.07 Å². The summed E-state index contributed by atoms with van der Waals surface area (Å²) < 4.78 is 43.0. The summed E-state index contributed by atoms with van der Waals surface area (Å²) in [5.74, 6) is -1.54. The number of hydrogen-bond donors (Lipinski definition) is 2. The van der Waals surface area contributed by atoms with Gasteiger partial charge in [-0.1, -0.05) is 11.6 Å². The molecule has 1 rings (SSSR count). The molecule has 1 aromatic carbocycles. The van der Waals surface area contributed by atoms with Crippen LogP contribution in [0.4, 0.5) is 18.9 Å². The Morgan fingerprint density at radius 2 is 2.08 bits per heavy atom. The Bertz CT molecular complexity index is 727. The number of halogens is 4. The van der Waals surface area contributed by atoms with E-state index >= 15 is 0 Å². The monoisotopic (exact) mass is 375 g/mol. The number of amides is 1. The lowest BCUT2D eigenvalue weighted by atomic mass is 10.2. The largest absolute Gasteiger partial charge is 0.465 e. The number of anilines is 1. The van der Waals surface area contributed by atoms with Crippen LogP contribution in [0.2, 0.25) is 5.02 Å². The fourth-order valence-electron chi connectivity index (χ4n) is 1.62. The lowest BCUT2D eigenvalue weighted by molar-refractivity contribution is -0.142. The Morgan fingerprint density at radius 3 is 2.64 bits per heavy atom. The van der Waals surface area contributed by atoms with Gasteiger partial charge in [-0.2, -0.15) is 18.4 Å². The van der Waals surface area contributed by atoms with Gasteiger partial charge in [0.15, 0.2) is 0 Å². The van der Waals surface area contributed by atoms with Crippen molar-refractivity contribution < 1.29 is 27.5 Å². The van der Waals surface area contributed by atoms with E-state index in [4.69, 9.17) is 16.9 Å². The molecular weight excluding hydrogens is 363 g/mol. The summed E-state index contributed by atoms with van der Waals surface area (Å²) in [5.41, 5.74) is -1.74. The number of nitrogens with zero attached hydrogens (tertiary/aromatic N) is 1. The summed E-state index contributed by atoms with van der Waals surface area (Å²) in [5, 5.41) is 13.0. The van der Waals surface area contributed by atoms with Crippen LogP contribution in [0.5, 0.6) is 0 Å². The molecule has 6 nitrogen and oxygen atoms in total. The summed E-state index contributed by atoms with van der Waals surface area (Å²) in [4.78, 5) is 23.0. The van der Waals surface area contributed by atoms with Gasteiger partial charge in [0, 0.05) is 11.9 Å². The number of hydrogen-bond acceptors (Lipinski definition) is 5. The number of rotatable bonds is 6. The zero-order valence-corrected chi connectivity index (χ0v) is 13.7. The topological polar surface area (TPSA) is 91.2 Å². The summed E-state index contributed by atoms with van der Waals surface area (Å²) in [6.45, 7) is 1.52. The van der Waals surface area contributed by atoms with E-state index in [1.807, 2.05) is 0 Å². The van der Waals surface area contributed by atoms with E-state index in [-0.39, 0.29) is 18.8 Å². The molecule has 0 aliphatic carbocycles. The number of esters is 1. The second-order valence-corrected chi connectivity index (χ2v) is 4.91. The number of carbonyl (C=O) groups excluding carboxylic acids is 2. The molecule has 0 saturated heterocycles. The van der Waals surface area contributed by atoms with Crippen molar-refractivity contribution in [1.82, 2.24) is 5.32 Å². The van der Waals surface area contributed by atoms with Crippen molar-refractivity contribution in [3.8, 4) is 6.07 Å². The minimum absolute atomic E-state index is 0.175. The molecule has 0 saturated carbocycles. The third-order valence-electron chi connectivity index (χ3n) is 2.69. The third-order valence-corrected chi connectivity index (χ3v) is 3.02. The maximum absolute atomic E-state index is 12.8. The van der Waals surface area contributed by atoms with E-state index in [9.17, 15) is 22.8 Å². The van der Waals surface area contributed by atoms with Gasteiger partial charge in [0.05, 0.1) is 17.2 Å². The lowest BCUT2D eigenvalue weighted by Crippen LogP contribution is -2.22. The fourth-order valence-corrected chi connectivity index (χ4v) is 1.84. The standard InChI is InChI=1S/C15H13ClF3N3O3/c1-2-25-13(23)8-21-7-9(6-20)14(24)22-10-3-4-12(16)11(5-10)15(17,18)19/h3-5,7,21H,2,8H2,1H3,(H,22,24)/b9-7-. The highest BCUT2D eigenvalue weighted by atomic mass is 35.5. The summed E-state index contributed by atoms with van der Waals surface area (Å²) in [6.07, 6.45) is -3.72. The molecule has 134 valence electrons. The molecule has 0 heterocycles. The van der Waals surface area contributed by atoms with Crippen LogP contribution < -0.4 is 10.6 Å². The first-order valence-corrected chi connectivity index (χ1v) is 7.24. The molecule has 2 N–H and O–H groups in total. The number of carbonyl (C=O) groups is 2. The highest BCUT2D eigenvalue weighted by molar-refractivity contribution is 6.31. The Balaban J connectivity index is 2.83. The highest BCUT2D eigenvalue weighted by Crippen LogP contribution is 2.36. The molecule has 0 aromatic heterocycles. The van der Waals surface area contributed by atoms with Crippen LogP contribution in [0.1, 0.15) is 12.5 Å². The quantitative estimate of drug-likeness (QED) is 0.453. The van der Waals surface area contributed by atoms with Gasteiger partial charge >= 0.3 is 12.1 Å². The number of nitriles is 1. The zero-order chi connectivity index (χ0) is 19.0. The van der Waals surface area contributed by atoms with Crippen LogP contribution in [0.25, 0.3) is 0 Å². The molecule has 0 radical (unpaired) electrons. The average molecular weight is 376 g/mol. The highest BCUT2D eigenvalue weighted by Gasteiger charge is 2.33. The predicted molar refractivity (Wildman–Crippen MR) is 83.4 cm³/mol. The Labute approximate surface area is 146 Å². The van der Waals surface area contributed by atoms with Crippen LogP contribution in [0.3, 0.4) is 0 Å². The van der Waals surface area contributed by atoms with Gasteiger partial charge < -0.3 is 15.4 Å². The maximum atomic E-state index is 12.8. The summed E-state index contributed by atoms with van der Waals surface area (Å²) in [7, 11) is 0. The van der Waals surface area contributed by atoms with E-state index < -0.39 is 34.2 Å². The molecule has 10 heteroatoms. The molecule has 0 spiro atoms. The van der Waals surface area contributed by atoms with Crippen LogP contribution >= 0.6 is 11.6 Å². The first kappa shape index (κ1) is 20.3. The molecule has 0 bridgehead atoms. The van der Waals surface area contributed by atoms with Crippen LogP contribution in [0.15, 0.2) is 30.0 Å². The van der Waals surface area contributed by atoms with Crippen LogP contribution in [-0.2, 0) is 20.5 Å². The molecular formula is C15H13ClF3N3O3. The van der Waals surface area contributed by atoms with Gasteiger partial charge in [0.25, 0.3) is 5.91 Å². The van der Waals surface area contributed by atoms with Gasteiger partial charge in [0.1, 0.15) is 18.2 Å². The smallest absolute Gasteiger partial charge is 0.417 e. The first-order chi connectivity index (χ1) is 11.7. The van der Waals surface area contributed by atoms with E-state index in [2.05, 4.69) is 15.4 Å². The van der Waals surface area contributed by atoms with Gasteiger partial charge in [-0.15, -0.1) is 0 Å². The van der Waals surface area contributed by atoms with Gasteiger partial charge in [-0.25, -0.2) is 0 Å². The van der Waals surface area contributed by atoms with Crippen molar-refractivity contribution in [2.45, 2.75) is 13.1 Å². The molecule has 1 amide bonds. The SMILES string of the molecule is CCOC(=O)CN/C=C(/C#N)C(=O)Nc1ccc(Cl)c(C(F)(F)F)c1. The number of ether oxygens (including phenoxy) is 1. The minimum atomic E-state index is -4.69. The second kappa shape index (κ2) is 8.94. The molecule has 0 unspecified atom stereocenters. The van der Waals surface area contributed by atoms with Crippen molar-refractivity contribution in [2.24, 2.45) is 0 Å². The molecule has 0 fully saturated rings. The van der Waals surface area contributed by atoms with Crippen molar-refractivity contribution in [2.75, 3.05) is 18.5 Å². The maximum Gasteiger partial charge on any atom is 0.417 e. The third kappa shape index (κ3) is 6.35. The molecule has 25 heavy (non-hydrogen) atoms. The minimum Gasteiger partial charge on any atom is -0.465 e. The van der Waals surface area contributed by atoms with Crippen LogP contribution in [-0.4, -0.2) is 25.0 Å². The number of nitrogens with one attached hydrogen (secondary N) is 2. The van der Waals surface area contributed by atoms with E-state index in [0.717, 1.165) is 18.3 Å². The predicted octanol–water partition coefficient (Wildman–Crippen LogP) is 2.86. The zero-order valence-electron chi connectivity index (χ0n) is 12.9. The van der Waals surface area contributed by atoms with Gasteiger partial charge in [0.2, 0.25) is 0 Å².